The van der Waals surface area contributed by atoms with Gasteiger partial charge in [-0.1, -0.05) is 10.3 Å². The Labute approximate surface area is 82.4 Å². The smallest absolute Gasteiger partial charge is 0.138 e. The number of rotatable bonds is 6. The Bertz CT molecular complexity index is 243. The van der Waals surface area contributed by atoms with Gasteiger partial charge < -0.3 is 4.90 Å². The molecule has 0 aromatic rings. The lowest BCUT2D eigenvalue weighted by Crippen LogP contribution is -2.25. The Morgan fingerprint density at radius 1 is 1.43 bits per heavy atom. The first kappa shape index (κ1) is 12.4. The molecule has 0 aromatic carbocycles. The molecule has 0 heterocycles. The normalized spacial score (nSPS) is 10.6. The number of likely N-dealkylation sites (N-methyl/N-ethyl adjacent to an activating group) is 1. The van der Waals surface area contributed by atoms with Crippen molar-refractivity contribution in [1.29, 1.82) is 0 Å². The number of azide groups is 1. The predicted molar refractivity (Wildman–Crippen MR) is 55.3 cm³/mol. The molecule has 0 amide bonds. The molecular weight excluding hydrogens is 184 g/mol. The first-order valence-corrected chi connectivity index (χ1v) is 4.23. The lowest BCUT2D eigenvalue weighted by Gasteiger charge is -2.12. The summed E-state index contributed by atoms with van der Waals surface area (Å²) in [5.41, 5.74) is 8.01. The largest absolute Gasteiger partial charge is 0.365 e. The quantitative estimate of drug-likeness (QED) is 0.123. The summed E-state index contributed by atoms with van der Waals surface area (Å²) in [6.07, 6.45) is 0.681. The summed E-state index contributed by atoms with van der Waals surface area (Å²) >= 11 is 0. The topological polar surface area (TPSA) is 93.8 Å². The van der Waals surface area contributed by atoms with Crippen molar-refractivity contribution in [3.8, 4) is 0 Å². The monoisotopic (exact) mass is 198 g/mol. The maximum Gasteiger partial charge on any atom is 0.138 e. The summed E-state index contributed by atoms with van der Waals surface area (Å²) in [5, 5.41) is 6.14. The molecule has 0 saturated heterocycles. The molecule has 14 heavy (non-hydrogen) atoms. The molecule has 0 atom stereocenters. The molecule has 0 saturated carbocycles. The highest BCUT2D eigenvalue weighted by Gasteiger charge is 2.00. The van der Waals surface area contributed by atoms with Crippen molar-refractivity contribution in [3.05, 3.63) is 15.3 Å². The van der Waals surface area contributed by atoms with Gasteiger partial charge >= 0.3 is 0 Å². The van der Waals surface area contributed by atoms with Gasteiger partial charge in [-0.05, 0) is 12.0 Å². The predicted octanol–water partition coefficient (Wildman–Crippen LogP) is 1.41. The van der Waals surface area contributed by atoms with E-state index >= 15 is 0 Å². The van der Waals surface area contributed by atoms with Crippen LogP contribution in [0.2, 0.25) is 0 Å². The second-order valence-electron chi connectivity index (χ2n) is 2.79. The Kier molecular flexibility index (Phi) is 7.07. The van der Waals surface area contributed by atoms with E-state index in [0.29, 0.717) is 25.3 Å². The van der Waals surface area contributed by atoms with Crippen molar-refractivity contribution < 1.29 is 0 Å². The van der Waals surface area contributed by atoms with Gasteiger partial charge in [-0.2, -0.15) is 4.91 Å². The average Bonchev–Trinajstić information content (AvgIpc) is 2.15. The Morgan fingerprint density at radius 3 is 2.64 bits per heavy atom. The number of nitroso groups, excluding NO2 is 1. The zero-order chi connectivity index (χ0) is 10.8. The van der Waals surface area contributed by atoms with Gasteiger partial charge in [-0.15, -0.1) is 0 Å². The van der Waals surface area contributed by atoms with Crippen molar-refractivity contribution >= 4 is 5.84 Å². The van der Waals surface area contributed by atoms with Crippen LogP contribution in [0, 0.1) is 4.91 Å². The lowest BCUT2D eigenvalue weighted by atomic mass is 10.4. The molecule has 0 unspecified atom stereocenters. The maximum absolute atomic E-state index is 10.0. The van der Waals surface area contributed by atoms with Crippen molar-refractivity contribution in [2.45, 2.75) is 6.42 Å². The number of hydrogen-bond donors (Lipinski definition) is 0. The van der Waals surface area contributed by atoms with Crippen LogP contribution in [0.25, 0.3) is 10.4 Å². The van der Waals surface area contributed by atoms with Crippen molar-refractivity contribution in [2.24, 2.45) is 15.3 Å². The molecule has 0 fully saturated rings. The molecule has 0 aromatic heterocycles. The molecule has 0 aliphatic heterocycles. The van der Waals surface area contributed by atoms with Crippen LogP contribution >= 0.6 is 0 Å². The van der Waals surface area contributed by atoms with Gasteiger partial charge in [-0.3, -0.25) is 4.99 Å². The van der Waals surface area contributed by atoms with Crippen LogP contribution in [-0.4, -0.2) is 44.5 Å². The van der Waals surface area contributed by atoms with Crippen LogP contribution in [0.3, 0.4) is 0 Å². The molecular formula is C7H14N6O. The summed E-state index contributed by atoms with van der Waals surface area (Å²) in [7, 11) is 3.61. The van der Waals surface area contributed by atoms with Crippen molar-refractivity contribution in [1.82, 2.24) is 4.90 Å². The minimum absolute atomic E-state index is 0.0779. The fourth-order valence-corrected chi connectivity index (χ4v) is 0.785. The van der Waals surface area contributed by atoms with E-state index in [-0.39, 0.29) is 6.54 Å². The van der Waals surface area contributed by atoms with Crippen molar-refractivity contribution in [3.63, 3.8) is 0 Å². The van der Waals surface area contributed by atoms with Crippen molar-refractivity contribution in [2.75, 3.05) is 33.7 Å². The standard InChI is InChI=1S/C7H14N6O/c1-13(2)7(6-11-14)9-4-3-5-10-12-8/h3-6H2,1-2H3. The number of nitrogens with zero attached hydrogens (tertiary/aromatic N) is 6. The Morgan fingerprint density at radius 2 is 2.14 bits per heavy atom. The Balaban J connectivity index is 3.90. The molecule has 0 aliphatic carbocycles. The van der Waals surface area contributed by atoms with Gasteiger partial charge in [0, 0.05) is 32.1 Å². The zero-order valence-electron chi connectivity index (χ0n) is 8.42. The van der Waals surface area contributed by atoms with E-state index in [1.165, 1.54) is 0 Å². The van der Waals surface area contributed by atoms with Gasteiger partial charge in [0.25, 0.3) is 0 Å². The van der Waals surface area contributed by atoms with E-state index < -0.39 is 0 Å². The molecule has 0 bridgehead atoms. The van der Waals surface area contributed by atoms with Crippen LogP contribution < -0.4 is 0 Å². The molecule has 0 radical (unpaired) electrons. The van der Waals surface area contributed by atoms with Gasteiger partial charge in [0.05, 0.1) is 0 Å². The van der Waals surface area contributed by atoms with Crippen LogP contribution in [0.5, 0.6) is 0 Å². The molecule has 78 valence electrons. The third-order valence-electron chi connectivity index (χ3n) is 1.50. The SMILES string of the molecule is CN(C)C(CN=O)=NCCCN=[N+]=[N-]. The van der Waals surface area contributed by atoms with Crippen LogP contribution in [0.1, 0.15) is 6.42 Å². The van der Waals surface area contributed by atoms with Crippen LogP contribution in [0.4, 0.5) is 0 Å². The summed E-state index contributed by atoms with van der Waals surface area (Å²) in [4.78, 5) is 18.5. The van der Waals surface area contributed by atoms with E-state index in [1.807, 2.05) is 0 Å². The van der Waals surface area contributed by atoms with Gasteiger partial charge in [-0.25, -0.2) is 0 Å². The van der Waals surface area contributed by atoms with E-state index in [0.717, 1.165) is 0 Å². The third kappa shape index (κ3) is 5.96. The van der Waals surface area contributed by atoms with Gasteiger partial charge in [0.2, 0.25) is 0 Å². The molecule has 0 N–H and O–H groups in total. The fraction of sp³-hybridized carbons (Fsp3) is 0.857. The maximum atomic E-state index is 10.0. The second-order valence-corrected chi connectivity index (χ2v) is 2.79. The Hall–Kier alpha value is -1.62. The molecule has 7 heteroatoms. The highest BCUT2D eigenvalue weighted by molar-refractivity contribution is 5.83. The first-order valence-electron chi connectivity index (χ1n) is 4.23. The van der Waals surface area contributed by atoms with E-state index in [9.17, 15) is 4.91 Å². The summed E-state index contributed by atoms with van der Waals surface area (Å²) in [5.74, 6) is 0.640. The highest BCUT2D eigenvalue weighted by atomic mass is 16.3. The second kappa shape index (κ2) is 8.00. The van der Waals surface area contributed by atoms with Crippen LogP contribution in [0.15, 0.2) is 15.3 Å². The average molecular weight is 198 g/mol. The van der Waals surface area contributed by atoms with Gasteiger partial charge in [0.15, 0.2) is 0 Å². The number of aliphatic imine (C=N–C) groups is 1. The first-order chi connectivity index (χ1) is 6.72. The summed E-state index contributed by atoms with van der Waals surface area (Å²) in [6.45, 7) is 1.05. The number of amidine groups is 1. The zero-order valence-corrected chi connectivity index (χ0v) is 8.42. The fourth-order valence-electron chi connectivity index (χ4n) is 0.785. The van der Waals surface area contributed by atoms with Crippen LogP contribution in [-0.2, 0) is 0 Å². The summed E-state index contributed by atoms with van der Waals surface area (Å²) < 4.78 is 0. The van der Waals surface area contributed by atoms with E-state index in [1.54, 1.807) is 19.0 Å². The molecule has 0 rings (SSSR count). The summed E-state index contributed by atoms with van der Waals surface area (Å²) in [6, 6.07) is 0. The van der Waals surface area contributed by atoms with Gasteiger partial charge in [0.1, 0.15) is 12.4 Å². The minimum Gasteiger partial charge on any atom is -0.365 e. The third-order valence-corrected chi connectivity index (χ3v) is 1.50. The molecule has 7 nitrogen and oxygen atoms in total. The molecule has 0 spiro atoms. The van der Waals surface area contributed by atoms with E-state index in [2.05, 4.69) is 20.2 Å². The van der Waals surface area contributed by atoms with E-state index in [4.69, 9.17) is 5.53 Å². The molecule has 0 aliphatic rings. The highest BCUT2D eigenvalue weighted by Crippen LogP contribution is 1.89. The minimum atomic E-state index is 0.0779. The number of hydrogen-bond acceptors (Lipinski definition) is 4. The lowest BCUT2D eigenvalue weighted by molar-refractivity contribution is 0.605.